The van der Waals surface area contributed by atoms with E-state index in [1.807, 2.05) is 0 Å². The van der Waals surface area contributed by atoms with Gasteiger partial charge in [-0.15, -0.1) is 0 Å². The fourth-order valence-electron chi connectivity index (χ4n) is 1.71. The minimum Gasteiger partial charge on any atom is -0.310 e. The summed E-state index contributed by atoms with van der Waals surface area (Å²) in [6.45, 7) is 9.39. The Morgan fingerprint density at radius 3 is 2.92 bits per heavy atom. The molecular weight excluding hydrogens is 166 g/mol. The number of hydrogen-bond acceptors (Lipinski definition) is 2. The van der Waals surface area contributed by atoms with Crippen molar-refractivity contribution in [3.8, 4) is 0 Å². The zero-order valence-electron chi connectivity index (χ0n) is 8.10. The SMILES string of the molecule is C=C(C)C(NCC)C1CCCS1. The Bertz CT molecular complexity index is 150. The monoisotopic (exact) mass is 185 g/mol. The van der Waals surface area contributed by atoms with Gasteiger partial charge in [-0.1, -0.05) is 19.1 Å². The number of thioether (sulfide) groups is 1. The van der Waals surface area contributed by atoms with Crippen molar-refractivity contribution in [1.82, 2.24) is 5.32 Å². The van der Waals surface area contributed by atoms with E-state index in [1.54, 1.807) is 0 Å². The highest BCUT2D eigenvalue weighted by molar-refractivity contribution is 8.00. The predicted octanol–water partition coefficient (Wildman–Crippen LogP) is 2.44. The normalized spacial score (nSPS) is 25.7. The van der Waals surface area contributed by atoms with Gasteiger partial charge in [0.15, 0.2) is 0 Å². The van der Waals surface area contributed by atoms with Crippen LogP contribution in [0.15, 0.2) is 12.2 Å². The van der Waals surface area contributed by atoms with Gasteiger partial charge in [0.2, 0.25) is 0 Å². The van der Waals surface area contributed by atoms with Gasteiger partial charge >= 0.3 is 0 Å². The van der Waals surface area contributed by atoms with Crippen LogP contribution in [0, 0.1) is 0 Å². The van der Waals surface area contributed by atoms with Crippen molar-refractivity contribution < 1.29 is 0 Å². The molecule has 0 aromatic heterocycles. The van der Waals surface area contributed by atoms with E-state index < -0.39 is 0 Å². The van der Waals surface area contributed by atoms with Gasteiger partial charge in [-0.2, -0.15) is 11.8 Å². The molecule has 0 aliphatic carbocycles. The van der Waals surface area contributed by atoms with Crippen LogP contribution >= 0.6 is 11.8 Å². The first-order chi connectivity index (χ1) is 5.75. The molecule has 70 valence electrons. The summed E-state index contributed by atoms with van der Waals surface area (Å²) in [6.07, 6.45) is 2.74. The average molecular weight is 185 g/mol. The average Bonchev–Trinajstić information content (AvgIpc) is 2.51. The molecule has 1 nitrogen and oxygen atoms in total. The van der Waals surface area contributed by atoms with E-state index in [4.69, 9.17) is 0 Å². The molecule has 0 amide bonds. The summed E-state index contributed by atoms with van der Waals surface area (Å²) in [6, 6.07) is 0.544. The quantitative estimate of drug-likeness (QED) is 0.675. The summed E-state index contributed by atoms with van der Waals surface area (Å²) in [5.41, 5.74) is 1.29. The van der Waals surface area contributed by atoms with Crippen LogP contribution in [0.1, 0.15) is 26.7 Å². The molecular formula is C10H19NS. The largest absolute Gasteiger partial charge is 0.310 e. The minimum absolute atomic E-state index is 0.544. The van der Waals surface area contributed by atoms with Crippen LogP contribution in [0.4, 0.5) is 0 Å². The molecule has 0 radical (unpaired) electrons. The van der Waals surface area contributed by atoms with Gasteiger partial charge in [-0.3, -0.25) is 0 Å². The molecule has 1 N–H and O–H groups in total. The van der Waals surface area contributed by atoms with Crippen LogP contribution in [-0.4, -0.2) is 23.6 Å². The first-order valence-corrected chi connectivity index (χ1v) is 5.81. The molecule has 0 saturated carbocycles. The highest BCUT2D eigenvalue weighted by atomic mass is 32.2. The summed E-state index contributed by atoms with van der Waals surface area (Å²) in [7, 11) is 0. The number of nitrogens with one attached hydrogen (secondary N) is 1. The van der Waals surface area contributed by atoms with E-state index in [2.05, 4.69) is 37.5 Å². The smallest absolute Gasteiger partial charge is 0.0394 e. The Morgan fingerprint density at radius 2 is 2.50 bits per heavy atom. The van der Waals surface area contributed by atoms with Crippen molar-refractivity contribution in [2.45, 2.75) is 38.0 Å². The lowest BCUT2D eigenvalue weighted by Gasteiger charge is -2.23. The highest BCUT2D eigenvalue weighted by Gasteiger charge is 2.24. The molecule has 1 rings (SSSR count). The first kappa shape index (κ1) is 10.1. The summed E-state index contributed by atoms with van der Waals surface area (Å²) in [4.78, 5) is 0. The maximum absolute atomic E-state index is 4.04. The molecule has 2 unspecified atom stereocenters. The lowest BCUT2D eigenvalue weighted by molar-refractivity contribution is 0.554. The molecule has 2 atom stereocenters. The van der Waals surface area contributed by atoms with Gasteiger partial charge in [0, 0.05) is 11.3 Å². The number of rotatable bonds is 4. The maximum Gasteiger partial charge on any atom is 0.0394 e. The topological polar surface area (TPSA) is 12.0 Å². The molecule has 12 heavy (non-hydrogen) atoms. The van der Waals surface area contributed by atoms with Crippen LogP contribution in [-0.2, 0) is 0 Å². The van der Waals surface area contributed by atoms with Gasteiger partial charge < -0.3 is 5.32 Å². The van der Waals surface area contributed by atoms with Crippen LogP contribution in [0.2, 0.25) is 0 Å². The molecule has 1 aliphatic rings. The third-order valence-corrected chi connectivity index (χ3v) is 3.75. The molecule has 0 spiro atoms. The van der Waals surface area contributed by atoms with Crippen LogP contribution < -0.4 is 5.32 Å². The molecule has 0 bridgehead atoms. The van der Waals surface area contributed by atoms with Crippen molar-refractivity contribution in [1.29, 1.82) is 0 Å². The van der Waals surface area contributed by atoms with Crippen molar-refractivity contribution in [3.63, 3.8) is 0 Å². The zero-order valence-corrected chi connectivity index (χ0v) is 8.91. The third-order valence-electron chi connectivity index (χ3n) is 2.29. The minimum atomic E-state index is 0.544. The Kier molecular flexibility index (Phi) is 4.16. The van der Waals surface area contributed by atoms with E-state index in [9.17, 15) is 0 Å². The molecule has 1 fully saturated rings. The second kappa shape index (κ2) is 4.93. The van der Waals surface area contributed by atoms with Crippen molar-refractivity contribution in [2.75, 3.05) is 12.3 Å². The molecule has 1 aliphatic heterocycles. The van der Waals surface area contributed by atoms with Crippen LogP contribution in [0.5, 0.6) is 0 Å². The lowest BCUT2D eigenvalue weighted by Crippen LogP contribution is -2.37. The third kappa shape index (κ3) is 2.53. The fourth-order valence-corrected chi connectivity index (χ4v) is 3.20. The van der Waals surface area contributed by atoms with Gasteiger partial charge in [0.1, 0.15) is 0 Å². The van der Waals surface area contributed by atoms with Crippen LogP contribution in [0.3, 0.4) is 0 Å². The van der Waals surface area contributed by atoms with Crippen molar-refractivity contribution in [3.05, 3.63) is 12.2 Å². The lowest BCUT2D eigenvalue weighted by atomic mass is 10.0. The first-order valence-electron chi connectivity index (χ1n) is 4.76. The molecule has 1 saturated heterocycles. The Labute approximate surface area is 80.0 Å². The zero-order chi connectivity index (χ0) is 8.97. The molecule has 2 heteroatoms. The molecule has 1 heterocycles. The standard InChI is InChI=1S/C10H19NS/c1-4-11-10(8(2)3)9-6-5-7-12-9/h9-11H,2,4-7H2,1,3H3. The van der Waals surface area contributed by atoms with E-state index in [0.29, 0.717) is 6.04 Å². The van der Waals surface area contributed by atoms with Gasteiger partial charge in [0.05, 0.1) is 0 Å². The van der Waals surface area contributed by atoms with Crippen molar-refractivity contribution >= 4 is 11.8 Å². The summed E-state index contributed by atoms with van der Waals surface area (Å²) in [5, 5.41) is 4.28. The van der Waals surface area contributed by atoms with Gasteiger partial charge in [0.25, 0.3) is 0 Å². The van der Waals surface area contributed by atoms with E-state index in [-0.39, 0.29) is 0 Å². The fraction of sp³-hybridized carbons (Fsp3) is 0.800. The van der Waals surface area contributed by atoms with Gasteiger partial charge in [-0.05, 0) is 32.1 Å². The Balaban J connectivity index is 2.45. The second-order valence-electron chi connectivity index (χ2n) is 3.43. The second-order valence-corrected chi connectivity index (χ2v) is 4.78. The van der Waals surface area contributed by atoms with E-state index >= 15 is 0 Å². The van der Waals surface area contributed by atoms with E-state index in [1.165, 1.54) is 24.2 Å². The van der Waals surface area contributed by atoms with Gasteiger partial charge in [-0.25, -0.2) is 0 Å². The number of likely N-dealkylation sites (N-methyl/N-ethyl adjacent to an activating group) is 1. The molecule has 0 aromatic rings. The maximum atomic E-state index is 4.04. The van der Waals surface area contributed by atoms with Crippen molar-refractivity contribution in [2.24, 2.45) is 0 Å². The summed E-state index contributed by atoms with van der Waals surface area (Å²) in [5.74, 6) is 1.33. The van der Waals surface area contributed by atoms with Crippen LogP contribution in [0.25, 0.3) is 0 Å². The Hall–Kier alpha value is 0.0500. The Morgan fingerprint density at radius 1 is 1.75 bits per heavy atom. The predicted molar refractivity (Wildman–Crippen MR) is 57.8 cm³/mol. The summed E-state index contributed by atoms with van der Waals surface area (Å²) >= 11 is 2.10. The van der Waals surface area contributed by atoms with E-state index in [0.717, 1.165) is 11.8 Å². The highest BCUT2D eigenvalue weighted by Crippen LogP contribution is 2.30. The molecule has 0 aromatic carbocycles. The number of hydrogen-bond donors (Lipinski definition) is 1. The summed E-state index contributed by atoms with van der Waals surface area (Å²) < 4.78 is 0.